The highest BCUT2D eigenvalue weighted by molar-refractivity contribution is 6.13. The first kappa shape index (κ1) is 69.1. The summed E-state index contributed by atoms with van der Waals surface area (Å²) in [6.45, 7) is 71.8. The number of aromatic nitrogens is 2. The molecule has 0 N–H and O–H groups in total. The van der Waals surface area contributed by atoms with Crippen LogP contribution in [0.25, 0.3) is 44.7 Å². The summed E-state index contributed by atoms with van der Waals surface area (Å²) in [6.07, 6.45) is 2.57. The van der Waals surface area contributed by atoms with Gasteiger partial charge in [0.1, 0.15) is 11.4 Å². The van der Waals surface area contributed by atoms with Crippen LogP contribution in [0.4, 0.5) is 0 Å². The Morgan fingerprint density at radius 3 is 0.849 bits per heavy atom. The van der Waals surface area contributed by atoms with Gasteiger partial charge in [-0.25, -0.2) is 0 Å². The second-order valence-electron chi connectivity index (χ2n) is 37.1. The van der Waals surface area contributed by atoms with E-state index in [0.717, 1.165) is 0 Å². The topological polar surface area (TPSA) is 8.81 Å². The van der Waals surface area contributed by atoms with Crippen molar-refractivity contribution in [3.05, 3.63) is 240 Å². The summed E-state index contributed by atoms with van der Waals surface area (Å²) in [5, 5.41) is 2.59. The maximum Gasteiger partial charge on any atom is 0.255 e. The monoisotopic (exact) mass is 1240 g/mol. The van der Waals surface area contributed by atoms with Gasteiger partial charge in [0.2, 0.25) is 0 Å². The lowest BCUT2D eigenvalue weighted by molar-refractivity contribution is -0.584. The van der Waals surface area contributed by atoms with E-state index in [1.807, 2.05) is 0 Å². The molecule has 93 heavy (non-hydrogen) atoms. The third-order valence-electron chi connectivity index (χ3n) is 21.1. The van der Waals surface area contributed by atoms with Crippen LogP contribution < -0.4 is 4.57 Å². The summed E-state index contributed by atoms with van der Waals surface area (Å²) in [7, 11) is 0. The Morgan fingerprint density at radius 1 is 0.312 bits per heavy atom. The van der Waals surface area contributed by atoms with Crippen LogP contribution in [0.5, 0.6) is 0 Å². The van der Waals surface area contributed by atoms with Crippen LogP contribution in [0, 0.1) is 13.8 Å². The molecule has 4 atom stereocenters. The molecular formula is C91H117N2+. The van der Waals surface area contributed by atoms with E-state index in [0.29, 0.717) is 0 Å². The highest BCUT2D eigenvalue weighted by Crippen LogP contribution is 2.52. The Morgan fingerprint density at radius 2 is 0.570 bits per heavy atom. The summed E-state index contributed by atoms with van der Waals surface area (Å²) in [5.74, 6) is 0.0967. The normalized spacial score (nSPS) is 14.8. The maximum absolute atomic E-state index is 2.72. The quantitative estimate of drug-likeness (QED) is 0.121. The molecule has 2 nitrogen and oxygen atoms in total. The summed E-state index contributed by atoms with van der Waals surface area (Å²) in [6, 6.07) is 54.6. The summed E-state index contributed by atoms with van der Waals surface area (Å²) < 4.78 is 5.44. The van der Waals surface area contributed by atoms with Crippen LogP contribution in [0.2, 0.25) is 0 Å². The molecule has 0 saturated heterocycles. The summed E-state index contributed by atoms with van der Waals surface area (Å²) in [4.78, 5) is 0. The average molecular weight is 1240 g/mol. The first-order valence-corrected chi connectivity index (χ1v) is 35.3. The number of hydrogen-bond donors (Lipinski definition) is 0. The van der Waals surface area contributed by atoms with Crippen molar-refractivity contribution in [2.24, 2.45) is 0 Å². The zero-order chi connectivity index (χ0) is 68.7. The number of rotatable bonds is 10. The number of hydrogen-bond acceptors (Lipinski definition) is 0. The van der Waals surface area contributed by atoms with Gasteiger partial charge in [0.15, 0.2) is 11.4 Å². The van der Waals surface area contributed by atoms with Gasteiger partial charge in [0, 0.05) is 62.4 Å². The zero-order valence-corrected chi connectivity index (χ0v) is 63.5. The molecule has 9 aromatic rings. The van der Waals surface area contributed by atoms with Crippen molar-refractivity contribution >= 4 is 10.8 Å². The fraction of sp³-hybridized carbons (Fsp3) is 0.462. The minimum absolute atomic E-state index is 0.0242. The third-order valence-corrected chi connectivity index (χ3v) is 21.1. The molecule has 1 aromatic heterocycles. The van der Waals surface area contributed by atoms with Crippen molar-refractivity contribution < 1.29 is 4.57 Å². The largest absolute Gasteiger partial charge is 0.255 e. The van der Waals surface area contributed by atoms with Gasteiger partial charge in [-0.15, -0.1) is 0 Å². The molecule has 0 bridgehead atoms. The molecule has 1 aliphatic rings. The number of imidazole rings is 1. The van der Waals surface area contributed by atoms with Crippen LogP contribution >= 0.6 is 0 Å². The molecule has 0 spiro atoms. The summed E-state index contributed by atoms with van der Waals surface area (Å²) >= 11 is 0. The smallest absolute Gasteiger partial charge is 0.193 e. The van der Waals surface area contributed by atoms with Gasteiger partial charge in [-0.2, -0.15) is 9.13 Å². The van der Waals surface area contributed by atoms with Gasteiger partial charge in [0.05, 0.1) is 0 Å². The molecule has 10 rings (SSSR count). The van der Waals surface area contributed by atoms with Crippen molar-refractivity contribution in [1.29, 1.82) is 0 Å². The van der Waals surface area contributed by atoms with Gasteiger partial charge >= 0.3 is 0 Å². The fourth-order valence-electron chi connectivity index (χ4n) is 14.4. The molecule has 490 valence electrons. The average Bonchev–Trinajstić information content (AvgIpc) is 1.55. The van der Waals surface area contributed by atoms with Gasteiger partial charge in [0.25, 0.3) is 6.33 Å². The fourth-order valence-corrected chi connectivity index (χ4v) is 14.4. The highest BCUT2D eigenvalue weighted by Gasteiger charge is 2.42. The molecule has 1 aliphatic carbocycles. The number of aryl methyl sites for hydroxylation is 2. The highest BCUT2D eigenvalue weighted by atomic mass is 15.2. The van der Waals surface area contributed by atoms with E-state index >= 15 is 0 Å². The molecule has 0 unspecified atom stereocenters. The van der Waals surface area contributed by atoms with Crippen molar-refractivity contribution in [3.63, 3.8) is 0 Å². The maximum atomic E-state index is 2.72. The van der Waals surface area contributed by atoms with E-state index < -0.39 is 0 Å². The van der Waals surface area contributed by atoms with Gasteiger partial charge in [-0.05, 0) is 141 Å². The van der Waals surface area contributed by atoms with E-state index in [-0.39, 0.29) is 67.0 Å². The summed E-state index contributed by atoms with van der Waals surface area (Å²) in [5.41, 5.74) is 31.6. The lowest BCUT2D eigenvalue weighted by Crippen LogP contribution is -2.35. The predicted molar refractivity (Wildman–Crippen MR) is 404 cm³/mol. The van der Waals surface area contributed by atoms with Crippen LogP contribution in [0.3, 0.4) is 0 Å². The van der Waals surface area contributed by atoms with Gasteiger partial charge < -0.3 is 0 Å². The Bertz CT molecular complexity index is 3740. The molecule has 0 radical (unpaired) electrons. The molecule has 0 saturated carbocycles. The van der Waals surface area contributed by atoms with E-state index in [9.17, 15) is 0 Å². The molecule has 0 amide bonds. The zero-order valence-electron chi connectivity index (χ0n) is 63.5. The van der Waals surface area contributed by atoms with Crippen LogP contribution in [0.15, 0.2) is 140 Å². The van der Waals surface area contributed by atoms with Crippen molar-refractivity contribution in [2.75, 3.05) is 0 Å². The Balaban J connectivity index is 1.41. The standard InChI is InChI=1S/C91H117N2/c1-54-37-75(56(3)61-41-65(84(7,8)9)49-66(42-61)85(10,11)12)80(76(38-54)57(4)62-43-67(86(13,14)15)50-68(44-62)87(16,17)18)92-53-93(83-74-36-32-34-60-33-31-35-73(79(60)74)82(83)92)81-77(58(5)63-45-69(88(19,20)21)51-70(46-63)89(22,23)24)39-55(2)40-78(81)59(6)64-47-71(90(25,26)27)52-72(48-64)91(28,29)30/h31-53,56-59H,1-30H3/q+1/t56-,57-,58-,59-/m1/s1. The molecule has 0 aliphatic heterocycles. The Hall–Kier alpha value is -6.77. The minimum Gasteiger partial charge on any atom is -0.193 e. The second kappa shape index (κ2) is 23.6. The van der Waals surface area contributed by atoms with Gasteiger partial charge in [-0.1, -0.05) is 326 Å². The van der Waals surface area contributed by atoms with Crippen molar-refractivity contribution in [2.45, 2.75) is 275 Å². The minimum atomic E-state index is -0.0482. The van der Waals surface area contributed by atoms with E-state index in [2.05, 4.69) is 357 Å². The number of fused-ring (bicyclic) bond motifs is 3. The van der Waals surface area contributed by atoms with E-state index in [1.54, 1.807) is 0 Å². The molecule has 2 heteroatoms. The Labute approximate surface area is 565 Å². The van der Waals surface area contributed by atoms with Gasteiger partial charge in [-0.3, -0.25) is 0 Å². The molecule has 0 fully saturated rings. The first-order chi connectivity index (χ1) is 42.6. The van der Waals surface area contributed by atoms with E-state index in [4.69, 9.17) is 0 Å². The third kappa shape index (κ3) is 13.5. The molecule has 8 aromatic carbocycles. The lowest BCUT2D eigenvalue weighted by atomic mass is 9.76. The van der Waals surface area contributed by atoms with E-state index in [1.165, 1.54) is 145 Å². The lowest BCUT2D eigenvalue weighted by Gasteiger charge is -2.30. The van der Waals surface area contributed by atoms with Crippen LogP contribution in [-0.2, 0) is 43.3 Å². The number of nitrogens with zero attached hydrogens (tertiary/aromatic N) is 2. The second-order valence-corrected chi connectivity index (χ2v) is 37.1. The predicted octanol–water partition coefficient (Wildman–Crippen LogP) is 25.2. The Kier molecular flexibility index (Phi) is 17.5. The molecule has 1 heterocycles. The van der Waals surface area contributed by atoms with Crippen molar-refractivity contribution in [1.82, 2.24) is 4.57 Å². The first-order valence-electron chi connectivity index (χ1n) is 35.3. The number of benzene rings is 8. The van der Waals surface area contributed by atoms with Crippen molar-refractivity contribution in [3.8, 4) is 33.9 Å². The molecular weight excluding hydrogens is 1120 g/mol. The van der Waals surface area contributed by atoms with Crippen LogP contribution in [0.1, 0.15) is 318 Å². The van der Waals surface area contributed by atoms with Crippen LogP contribution in [-0.4, -0.2) is 4.57 Å². The SMILES string of the molecule is Cc1cc([C@H](C)c2cc(C(C)(C)C)cc(C(C)(C)C)c2)c(-n2c[n+](-c3c([C@H](C)c4cc(C(C)(C)C)cc(C(C)(C)C)c4)cc(C)cc3[C@H](C)c3cc(C(C)(C)C)cc(C(C)(C)C)c3)c3c2-c2cccc4cccc-3c24)c([C@H](C)c2cc(C(C)(C)C)cc(C(C)(C)C)c2)c1.